The lowest BCUT2D eigenvalue weighted by Gasteiger charge is -2.37. The largest absolute Gasteiger partial charge is 0.324 e. The van der Waals surface area contributed by atoms with Crippen LogP contribution in [0.4, 0.5) is 10.5 Å². The quantitative estimate of drug-likeness (QED) is 0.901. The average Bonchev–Trinajstić information content (AvgIpc) is 2.91. The van der Waals surface area contributed by atoms with Crippen molar-refractivity contribution >= 4 is 17.6 Å². The molecule has 0 atom stereocenters. The van der Waals surface area contributed by atoms with Gasteiger partial charge in [-0.2, -0.15) is 5.26 Å². The number of carbonyl (C=O) groups is 2. The van der Waals surface area contributed by atoms with Gasteiger partial charge in [-0.05, 0) is 44.0 Å². The molecule has 0 aliphatic carbocycles. The smallest absolute Gasteiger partial charge is 0.321 e. The Morgan fingerprint density at radius 1 is 1.33 bits per heavy atom. The lowest BCUT2D eigenvalue weighted by Crippen LogP contribution is -2.48. The Kier molecular flexibility index (Phi) is 4.40. The fraction of sp³-hybridized carbons (Fsp3) is 0.471. The number of likely N-dealkylation sites (tertiary alicyclic amines) is 1. The van der Waals surface area contributed by atoms with Gasteiger partial charge in [-0.25, -0.2) is 9.86 Å². The molecule has 1 N–H and O–H groups in total. The number of hydrogen-bond acceptors (Lipinski definition) is 4. The van der Waals surface area contributed by atoms with E-state index in [9.17, 15) is 9.59 Å². The number of anilines is 1. The third kappa shape index (κ3) is 3.19. The molecule has 7 nitrogen and oxygen atoms in total. The number of benzene rings is 1. The lowest BCUT2D eigenvalue weighted by atomic mass is 9.89. The number of piperidine rings is 1. The molecule has 0 unspecified atom stereocenters. The molecule has 2 fully saturated rings. The molecule has 0 bridgehead atoms. The minimum Gasteiger partial charge on any atom is -0.324 e. The number of hydroxylamine groups is 2. The van der Waals surface area contributed by atoms with Crippen molar-refractivity contribution in [2.75, 3.05) is 25.0 Å². The van der Waals surface area contributed by atoms with Gasteiger partial charge in [0.25, 0.3) is 0 Å². The van der Waals surface area contributed by atoms with Crippen molar-refractivity contribution < 1.29 is 14.4 Å². The van der Waals surface area contributed by atoms with Crippen LogP contribution in [0.2, 0.25) is 0 Å². The fourth-order valence-corrected chi connectivity index (χ4v) is 3.14. The van der Waals surface area contributed by atoms with Crippen molar-refractivity contribution in [3.63, 3.8) is 0 Å². The van der Waals surface area contributed by atoms with Crippen LogP contribution in [0.15, 0.2) is 24.3 Å². The van der Waals surface area contributed by atoms with Gasteiger partial charge >= 0.3 is 6.03 Å². The molecule has 7 heteroatoms. The van der Waals surface area contributed by atoms with Crippen LogP contribution < -0.4 is 5.32 Å². The zero-order valence-corrected chi connectivity index (χ0v) is 13.6. The second-order valence-electron chi connectivity index (χ2n) is 6.15. The first-order valence-electron chi connectivity index (χ1n) is 8.11. The van der Waals surface area contributed by atoms with Crippen molar-refractivity contribution in [3.8, 4) is 6.07 Å². The Morgan fingerprint density at radius 3 is 2.54 bits per heavy atom. The summed E-state index contributed by atoms with van der Waals surface area (Å²) in [5.41, 5.74) is 0.762. The summed E-state index contributed by atoms with van der Waals surface area (Å²) in [5.74, 6) is 0.0213. The summed E-state index contributed by atoms with van der Waals surface area (Å²) in [4.78, 5) is 31.8. The van der Waals surface area contributed by atoms with Gasteiger partial charge in [0.15, 0.2) is 0 Å². The van der Waals surface area contributed by atoms with E-state index in [1.807, 2.05) is 13.0 Å². The van der Waals surface area contributed by atoms with Crippen molar-refractivity contribution in [2.24, 2.45) is 0 Å². The highest BCUT2D eigenvalue weighted by Crippen LogP contribution is 2.36. The number of nitrogens with zero attached hydrogens (tertiary/aromatic N) is 3. The summed E-state index contributed by atoms with van der Waals surface area (Å²) < 4.78 is 0. The Hall–Kier alpha value is -2.59. The van der Waals surface area contributed by atoms with Crippen LogP contribution in [0.1, 0.15) is 31.7 Å². The van der Waals surface area contributed by atoms with Crippen LogP contribution in [0.3, 0.4) is 0 Å². The average molecular weight is 328 g/mol. The predicted molar refractivity (Wildman–Crippen MR) is 86.8 cm³/mol. The van der Waals surface area contributed by atoms with Gasteiger partial charge in [0.05, 0.1) is 18.1 Å². The zero-order chi connectivity index (χ0) is 17.2. The number of urea groups is 1. The molecule has 126 valence electrons. The van der Waals surface area contributed by atoms with Crippen LogP contribution in [-0.2, 0) is 9.63 Å². The molecule has 1 aromatic carbocycles. The molecule has 2 aliphatic heterocycles. The van der Waals surface area contributed by atoms with Crippen LogP contribution in [-0.4, -0.2) is 47.1 Å². The molecular formula is C17H20N4O3. The van der Waals surface area contributed by atoms with E-state index in [0.717, 1.165) is 0 Å². The number of rotatable bonds is 2. The van der Waals surface area contributed by atoms with Gasteiger partial charge < -0.3 is 10.2 Å². The van der Waals surface area contributed by atoms with E-state index in [0.29, 0.717) is 50.1 Å². The maximum atomic E-state index is 12.3. The maximum absolute atomic E-state index is 12.3. The molecule has 0 saturated carbocycles. The summed E-state index contributed by atoms with van der Waals surface area (Å²) in [6, 6.07) is 8.61. The summed E-state index contributed by atoms with van der Waals surface area (Å²) in [7, 11) is 0. The minimum absolute atomic E-state index is 0.0213. The highest BCUT2D eigenvalue weighted by Gasteiger charge is 2.46. The molecule has 3 rings (SSSR count). The Labute approximate surface area is 140 Å². The fourth-order valence-electron chi connectivity index (χ4n) is 3.14. The number of carbonyl (C=O) groups excluding carboxylic acids is 2. The van der Waals surface area contributed by atoms with Crippen LogP contribution in [0.25, 0.3) is 0 Å². The van der Waals surface area contributed by atoms with Crippen LogP contribution >= 0.6 is 0 Å². The van der Waals surface area contributed by atoms with E-state index in [4.69, 9.17) is 10.1 Å². The standard InChI is InChI=1S/C17H20N4O3/c1-2-21-15(22)11-17(24-21)7-9-20(10-8-17)16(23)19-14-5-3-13(12-18)4-6-14/h3-6H,2,7-11H2,1H3,(H,19,23). The van der Waals surface area contributed by atoms with Crippen molar-refractivity contribution in [1.82, 2.24) is 9.96 Å². The molecule has 0 aromatic heterocycles. The molecule has 2 saturated heterocycles. The van der Waals surface area contributed by atoms with Crippen LogP contribution in [0.5, 0.6) is 0 Å². The second kappa shape index (κ2) is 6.49. The summed E-state index contributed by atoms with van der Waals surface area (Å²) in [6.07, 6.45) is 1.69. The molecule has 2 aliphatic rings. The monoisotopic (exact) mass is 328 g/mol. The van der Waals surface area contributed by atoms with Gasteiger partial charge in [0.1, 0.15) is 5.60 Å². The van der Waals surface area contributed by atoms with E-state index in [1.165, 1.54) is 5.06 Å². The third-order valence-electron chi connectivity index (χ3n) is 4.57. The Bertz CT molecular complexity index is 672. The summed E-state index contributed by atoms with van der Waals surface area (Å²) in [5, 5.41) is 13.0. The first-order chi connectivity index (χ1) is 11.5. The van der Waals surface area contributed by atoms with E-state index in [2.05, 4.69) is 5.32 Å². The SMILES string of the molecule is CCN1OC2(CCN(C(=O)Nc3ccc(C#N)cc3)CC2)CC1=O. The number of nitriles is 1. The zero-order valence-electron chi connectivity index (χ0n) is 13.6. The summed E-state index contributed by atoms with van der Waals surface area (Å²) >= 11 is 0. The number of nitrogens with one attached hydrogen (secondary N) is 1. The number of hydrogen-bond donors (Lipinski definition) is 1. The van der Waals surface area contributed by atoms with Crippen LogP contribution in [0, 0.1) is 11.3 Å². The van der Waals surface area contributed by atoms with Crippen molar-refractivity contribution in [2.45, 2.75) is 31.8 Å². The summed E-state index contributed by atoms with van der Waals surface area (Å²) in [6.45, 7) is 3.53. The normalized spacial score (nSPS) is 19.4. The maximum Gasteiger partial charge on any atom is 0.321 e. The van der Waals surface area contributed by atoms with Crippen molar-refractivity contribution in [1.29, 1.82) is 5.26 Å². The van der Waals surface area contributed by atoms with Gasteiger partial charge in [0, 0.05) is 25.3 Å². The Morgan fingerprint density at radius 2 is 2.00 bits per heavy atom. The molecule has 1 aromatic rings. The van der Waals surface area contributed by atoms with E-state index in [1.54, 1.807) is 29.2 Å². The molecular weight excluding hydrogens is 308 g/mol. The topological polar surface area (TPSA) is 85.7 Å². The van der Waals surface area contributed by atoms with E-state index < -0.39 is 5.60 Å². The molecule has 1 spiro atoms. The van der Waals surface area contributed by atoms with E-state index in [-0.39, 0.29) is 11.9 Å². The second-order valence-corrected chi connectivity index (χ2v) is 6.15. The third-order valence-corrected chi connectivity index (χ3v) is 4.57. The highest BCUT2D eigenvalue weighted by atomic mass is 16.7. The van der Waals surface area contributed by atoms with Gasteiger partial charge in [-0.3, -0.25) is 9.63 Å². The lowest BCUT2D eigenvalue weighted by molar-refractivity contribution is -0.206. The minimum atomic E-state index is -0.446. The first-order valence-corrected chi connectivity index (χ1v) is 8.11. The molecule has 3 amide bonds. The van der Waals surface area contributed by atoms with Crippen molar-refractivity contribution in [3.05, 3.63) is 29.8 Å². The van der Waals surface area contributed by atoms with E-state index >= 15 is 0 Å². The molecule has 2 heterocycles. The highest BCUT2D eigenvalue weighted by molar-refractivity contribution is 5.89. The van der Waals surface area contributed by atoms with Gasteiger partial charge in [0.2, 0.25) is 5.91 Å². The molecule has 0 radical (unpaired) electrons. The Balaban J connectivity index is 1.55. The number of amides is 3. The molecule has 24 heavy (non-hydrogen) atoms. The first kappa shape index (κ1) is 16.3. The predicted octanol–water partition coefficient (Wildman–Crippen LogP) is 2.11. The van der Waals surface area contributed by atoms with Gasteiger partial charge in [-0.1, -0.05) is 0 Å². The van der Waals surface area contributed by atoms with Gasteiger partial charge in [-0.15, -0.1) is 0 Å².